The van der Waals surface area contributed by atoms with Gasteiger partial charge in [0, 0.05) is 36.5 Å². The van der Waals surface area contributed by atoms with Gasteiger partial charge in [-0.15, -0.1) is 11.3 Å². The number of aliphatic hydroxyl groups excluding tert-OH is 1. The predicted octanol–water partition coefficient (Wildman–Crippen LogP) is 1.74. The molecule has 3 N–H and O–H groups in total. The minimum atomic E-state index is -0.392. The van der Waals surface area contributed by atoms with Crippen LogP contribution in [0.2, 0.25) is 0 Å². The molecular formula is C17H21N3O2S. The number of hydrogen-bond acceptors (Lipinski definition) is 5. The van der Waals surface area contributed by atoms with Gasteiger partial charge in [-0.1, -0.05) is 23.8 Å². The Balaban J connectivity index is 1.67. The van der Waals surface area contributed by atoms with Gasteiger partial charge in [-0.2, -0.15) is 0 Å². The molecule has 23 heavy (non-hydrogen) atoms. The van der Waals surface area contributed by atoms with Crippen LogP contribution >= 0.6 is 11.3 Å². The van der Waals surface area contributed by atoms with Crippen molar-refractivity contribution in [3.63, 3.8) is 0 Å². The molecule has 6 heteroatoms. The molecule has 2 aromatic rings. The van der Waals surface area contributed by atoms with E-state index in [-0.39, 0.29) is 11.8 Å². The van der Waals surface area contributed by atoms with Crippen LogP contribution in [0.1, 0.15) is 21.6 Å². The number of carbonyl (C=O) groups is 1. The summed E-state index contributed by atoms with van der Waals surface area (Å²) in [5, 5.41) is 18.4. The average Bonchev–Trinajstić information content (AvgIpc) is 3.14. The van der Waals surface area contributed by atoms with E-state index in [1.165, 1.54) is 16.9 Å². The van der Waals surface area contributed by atoms with Crippen molar-refractivity contribution in [2.45, 2.75) is 20.0 Å². The Hall–Kier alpha value is -1.76. The maximum Gasteiger partial charge on any atom is 0.270 e. The Morgan fingerprint density at radius 3 is 2.96 bits per heavy atom. The third kappa shape index (κ3) is 3.60. The normalized spacial score (nSPS) is 20.7. The van der Waals surface area contributed by atoms with Crippen LogP contribution in [0.15, 0.2) is 23.6 Å². The van der Waals surface area contributed by atoms with Gasteiger partial charge >= 0.3 is 0 Å². The molecule has 1 aromatic carbocycles. The van der Waals surface area contributed by atoms with Gasteiger partial charge in [-0.05, 0) is 19.4 Å². The van der Waals surface area contributed by atoms with Crippen molar-refractivity contribution in [2.75, 3.05) is 19.6 Å². The monoisotopic (exact) mass is 331 g/mol. The fraction of sp³-hybridized carbons (Fsp3) is 0.412. The van der Waals surface area contributed by atoms with E-state index >= 15 is 0 Å². The number of amides is 1. The van der Waals surface area contributed by atoms with Gasteiger partial charge in [-0.3, -0.25) is 4.79 Å². The highest BCUT2D eigenvalue weighted by atomic mass is 32.1. The Kier molecular flexibility index (Phi) is 4.75. The Morgan fingerprint density at radius 2 is 2.26 bits per heavy atom. The first-order valence-electron chi connectivity index (χ1n) is 7.74. The molecule has 0 spiro atoms. The van der Waals surface area contributed by atoms with Gasteiger partial charge in [0.05, 0.1) is 6.10 Å². The zero-order chi connectivity index (χ0) is 16.4. The molecule has 0 saturated carbocycles. The molecule has 1 aliphatic heterocycles. The second kappa shape index (κ2) is 6.78. The van der Waals surface area contributed by atoms with E-state index in [0.717, 1.165) is 22.7 Å². The van der Waals surface area contributed by atoms with Gasteiger partial charge in [0.2, 0.25) is 0 Å². The van der Waals surface area contributed by atoms with Crippen LogP contribution in [0.5, 0.6) is 0 Å². The SMILES string of the molecule is Cc1ccc(-c2nc(C(=O)NCC3CNCC3O)cs2)c(C)c1. The van der Waals surface area contributed by atoms with E-state index in [9.17, 15) is 9.90 Å². The Labute approximate surface area is 139 Å². The molecule has 1 amide bonds. The third-order valence-corrected chi connectivity index (χ3v) is 5.05. The molecule has 3 rings (SSSR count). The maximum absolute atomic E-state index is 12.2. The molecule has 2 unspecified atom stereocenters. The van der Waals surface area contributed by atoms with Crippen molar-refractivity contribution in [1.29, 1.82) is 0 Å². The summed E-state index contributed by atoms with van der Waals surface area (Å²) >= 11 is 1.48. The van der Waals surface area contributed by atoms with Gasteiger partial charge in [-0.25, -0.2) is 4.98 Å². The zero-order valence-electron chi connectivity index (χ0n) is 13.3. The average molecular weight is 331 g/mol. The number of carbonyl (C=O) groups excluding carboxylic acids is 1. The number of nitrogens with one attached hydrogen (secondary N) is 2. The molecule has 1 fully saturated rings. The van der Waals surface area contributed by atoms with Gasteiger partial charge in [0.1, 0.15) is 10.7 Å². The Bertz CT molecular complexity index is 714. The first-order valence-corrected chi connectivity index (χ1v) is 8.62. The third-order valence-electron chi connectivity index (χ3n) is 4.18. The molecule has 0 radical (unpaired) electrons. The minimum absolute atomic E-state index is 0.0661. The topological polar surface area (TPSA) is 74.2 Å². The summed E-state index contributed by atoms with van der Waals surface area (Å²) in [5.41, 5.74) is 3.87. The van der Waals surface area contributed by atoms with E-state index in [4.69, 9.17) is 0 Å². The number of hydrogen-bond donors (Lipinski definition) is 3. The van der Waals surface area contributed by atoms with Gasteiger partial charge in [0.25, 0.3) is 5.91 Å². The van der Waals surface area contributed by atoms with Crippen LogP contribution in [-0.4, -0.2) is 41.7 Å². The van der Waals surface area contributed by atoms with Gasteiger partial charge < -0.3 is 15.7 Å². The molecule has 5 nitrogen and oxygen atoms in total. The van der Waals surface area contributed by atoms with E-state index in [2.05, 4.69) is 41.6 Å². The lowest BCUT2D eigenvalue weighted by molar-refractivity contribution is 0.0923. The molecule has 122 valence electrons. The smallest absolute Gasteiger partial charge is 0.270 e. The van der Waals surface area contributed by atoms with Crippen LogP contribution in [0, 0.1) is 19.8 Å². The van der Waals surface area contributed by atoms with E-state index < -0.39 is 6.10 Å². The second-order valence-corrected chi connectivity index (χ2v) is 6.91. The lowest BCUT2D eigenvalue weighted by Crippen LogP contribution is -2.34. The number of aliphatic hydroxyl groups is 1. The molecule has 2 atom stereocenters. The first kappa shape index (κ1) is 16.1. The number of nitrogens with zero attached hydrogens (tertiary/aromatic N) is 1. The lowest BCUT2D eigenvalue weighted by atomic mass is 10.1. The molecule has 0 bridgehead atoms. The summed E-state index contributed by atoms with van der Waals surface area (Å²) in [4.78, 5) is 16.7. The Morgan fingerprint density at radius 1 is 1.43 bits per heavy atom. The van der Waals surface area contributed by atoms with Crippen molar-refractivity contribution in [3.8, 4) is 10.6 Å². The van der Waals surface area contributed by atoms with Crippen molar-refractivity contribution >= 4 is 17.2 Å². The van der Waals surface area contributed by atoms with Crippen molar-refractivity contribution in [1.82, 2.24) is 15.6 Å². The standard InChI is InChI=1S/C17H21N3O2S/c1-10-3-4-13(11(2)5-10)17-20-14(9-23-17)16(22)19-7-12-6-18-8-15(12)21/h3-5,9,12,15,18,21H,6-8H2,1-2H3,(H,19,22). The van der Waals surface area contributed by atoms with Crippen LogP contribution in [0.4, 0.5) is 0 Å². The molecule has 2 heterocycles. The summed E-state index contributed by atoms with van der Waals surface area (Å²) in [7, 11) is 0. The summed E-state index contributed by atoms with van der Waals surface area (Å²) in [6.07, 6.45) is -0.392. The van der Waals surface area contributed by atoms with E-state index in [1.54, 1.807) is 5.38 Å². The van der Waals surface area contributed by atoms with Crippen LogP contribution in [0.3, 0.4) is 0 Å². The fourth-order valence-electron chi connectivity index (χ4n) is 2.80. The van der Waals surface area contributed by atoms with E-state index in [1.807, 2.05) is 6.07 Å². The predicted molar refractivity (Wildman–Crippen MR) is 91.7 cm³/mol. The number of aryl methyl sites for hydroxylation is 2. The zero-order valence-corrected chi connectivity index (χ0v) is 14.1. The molecule has 1 saturated heterocycles. The van der Waals surface area contributed by atoms with Crippen molar-refractivity contribution < 1.29 is 9.90 Å². The van der Waals surface area contributed by atoms with Crippen molar-refractivity contribution in [2.24, 2.45) is 5.92 Å². The summed E-state index contributed by atoms with van der Waals surface area (Å²) in [6, 6.07) is 6.22. The summed E-state index contributed by atoms with van der Waals surface area (Å²) in [5.74, 6) is -0.118. The number of thiazole rings is 1. The van der Waals surface area contributed by atoms with Crippen LogP contribution < -0.4 is 10.6 Å². The molecule has 1 aromatic heterocycles. The summed E-state index contributed by atoms with van der Waals surface area (Å²) < 4.78 is 0. The highest BCUT2D eigenvalue weighted by molar-refractivity contribution is 7.13. The van der Waals surface area contributed by atoms with Crippen LogP contribution in [-0.2, 0) is 0 Å². The fourth-order valence-corrected chi connectivity index (χ4v) is 3.69. The minimum Gasteiger partial charge on any atom is -0.391 e. The van der Waals surface area contributed by atoms with Gasteiger partial charge in [0.15, 0.2) is 0 Å². The van der Waals surface area contributed by atoms with Crippen molar-refractivity contribution in [3.05, 3.63) is 40.4 Å². The molecule has 0 aliphatic carbocycles. The molecular weight excluding hydrogens is 310 g/mol. The second-order valence-electron chi connectivity index (χ2n) is 6.05. The largest absolute Gasteiger partial charge is 0.391 e. The van der Waals surface area contributed by atoms with E-state index in [0.29, 0.717) is 18.8 Å². The highest BCUT2D eigenvalue weighted by Crippen LogP contribution is 2.27. The molecule has 1 aliphatic rings. The van der Waals surface area contributed by atoms with Crippen LogP contribution in [0.25, 0.3) is 10.6 Å². The number of β-amino-alcohol motifs (C(OH)–C–C–N with tert-alkyl or cyclic N) is 1. The maximum atomic E-state index is 12.2. The number of rotatable bonds is 4. The summed E-state index contributed by atoms with van der Waals surface area (Å²) in [6.45, 7) is 5.89. The number of aromatic nitrogens is 1. The highest BCUT2D eigenvalue weighted by Gasteiger charge is 2.25. The quantitative estimate of drug-likeness (QED) is 0.798. The first-order chi connectivity index (χ1) is 11.0. The number of benzene rings is 1. The lowest BCUT2D eigenvalue weighted by Gasteiger charge is -2.13.